The monoisotopic (exact) mass is 323 g/mol. The summed E-state index contributed by atoms with van der Waals surface area (Å²) in [7, 11) is -3.31. The van der Waals surface area contributed by atoms with Gasteiger partial charge >= 0.3 is 0 Å². The molecule has 1 atom stereocenters. The second-order valence-corrected chi connectivity index (χ2v) is 7.98. The van der Waals surface area contributed by atoms with E-state index in [-0.39, 0.29) is 4.47 Å². The molecule has 0 aromatic heterocycles. The number of hydrogen-bond acceptors (Lipinski definition) is 3. The van der Waals surface area contributed by atoms with Gasteiger partial charge in [0.2, 0.25) is 0 Å². The number of sulfone groups is 1. The van der Waals surface area contributed by atoms with Crippen molar-refractivity contribution in [1.82, 2.24) is 0 Å². The van der Waals surface area contributed by atoms with Crippen molar-refractivity contribution in [3.63, 3.8) is 0 Å². The van der Waals surface area contributed by atoms with E-state index in [1.807, 2.05) is 0 Å². The van der Waals surface area contributed by atoms with E-state index in [1.165, 1.54) is 18.2 Å². The van der Waals surface area contributed by atoms with Gasteiger partial charge < -0.3 is 5.73 Å². The highest BCUT2D eigenvalue weighted by molar-refractivity contribution is 9.10. The molecule has 1 unspecified atom stereocenters. The van der Waals surface area contributed by atoms with Crippen molar-refractivity contribution in [2.75, 3.05) is 6.26 Å². The summed E-state index contributed by atoms with van der Waals surface area (Å²) in [5.41, 5.74) is 6.53. The zero-order chi connectivity index (χ0) is 13.4. The molecule has 3 nitrogen and oxygen atoms in total. The van der Waals surface area contributed by atoms with Crippen LogP contribution in [0.3, 0.4) is 0 Å². The molecule has 0 aliphatic rings. The molecule has 0 saturated carbocycles. The Bertz CT molecular complexity index is 528. The van der Waals surface area contributed by atoms with Gasteiger partial charge in [0.1, 0.15) is 5.82 Å². The normalized spacial score (nSPS) is 14.7. The molecule has 0 saturated heterocycles. The fraction of sp³-hybridized carbons (Fsp3) is 0.455. The number of rotatable bonds is 3. The highest BCUT2D eigenvalue weighted by atomic mass is 79.9. The molecule has 0 spiro atoms. The molecule has 1 aromatic rings. The van der Waals surface area contributed by atoms with Gasteiger partial charge in [-0.1, -0.05) is 6.07 Å². The van der Waals surface area contributed by atoms with Gasteiger partial charge in [0, 0.05) is 12.3 Å². The Morgan fingerprint density at radius 3 is 2.35 bits per heavy atom. The molecule has 96 valence electrons. The maximum atomic E-state index is 13.1. The van der Waals surface area contributed by atoms with Crippen LogP contribution >= 0.6 is 15.9 Å². The molecule has 6 heteroatoms. The minimum Gasteiger partial charge on any atom is -0.323 e. The van der Waals surface area contributed by atoms with Gasteiger partial charge in [0.15, 0.2) is 9.84 Å². The van der Waals surface area contributed by atoms with Crippen molar-refractivity contribution in [3.8, 4) is 0 Å². The quantitative estimate of drug-likeness (QED) is 0.929. The summed E-state index contributed by atoms with van der Waals surface area (Å²) in [4.78, 5) is 0. The largest absolute Gasteiger partial charge is 0.323 e. The highest BCUT2D eigenvalue weighted by Gasteiger charge is 2.37. The van der Waals surface area contributed by atoms with Gasteiger partial charge in [-0.2, -0.15) is 0 Å². The number of hydrogen-bond donors (Lipinski definition) is 1. The molecule has 0 fully saturated rings. The van der Waals surface area contributed by atoms with Gasteiger partial charge in [0.05, 0.1) is 9.22 Å². The Balaban J connectivity index is 3.21. The van der Waals surface area contributed by atoms with Crippen molar-refractivity contribution in [2.45, 2.75) is 24.6 Å². The van der Waals surface area contributed by atoms with Crippen molar-refractivity contribution in [3.05, 3.63) is 34.1 Å². The van der Waals surface area contributed by atoms with Crippen LogP contribution in [0.25, 0.3) is 0 Å². The topological polar surface area (TPSA) is 60.2 Å². The molecule has 0 bridgehead atoms. The van der Waals surface area contributed by atoms with Crippen LogP contribution in [0.4, 0.5) is 4.39 Å². The third-order valence-electron chi connectivity index (χ3n) is 3.01. The minimum absolute atomic E-state index is 0.273. The van der Waals surface area contributed by atoms with Crippen LogP contribution in [-0.2, 0) is 9.84 Å². The van der Waals surface area contributed by atoms with Gasteiger partial charge in [-0.05, 0) is 47.5 Å². The first-order valence-electron chi connectivity index (χ1n) is 4.97. The van der Waals surface area contributed by atoms with E-state index in [1.54, 1.807) is 13.8 Å². The lowest BCUT2D eigenvalue weighted by Crippen LogP contribution is -2.42. The average molecular weight is 324 g/mol. The zero-order valence-electron chi connectivity index (χ0n) is 9.87. The van der Waals surface area contributed by atoms with Gasteiger partial charge in [-0.15, -0.1) is 0 Å². The summed E-state index contributed by atoms with van der Waals surface area (Å²) < 4.78 is 35.6. The van der Waals surface area contributed by atoms with E-state index in [4.69, 9.17) is 5.73 Å². The summed E-state index contributed by atoms with van der Waals surface area (Å²) in [6.45, 7) is 3.12. The summed E-state index contributed by atoms with van der Waals surface area (Å²) in [5.74, 6) is -0.405. The number of nitrogens with two attached hydrogens (primary N) is 1. The van der Waals surface area contributed by atoms with Crippen molar-refractivity contribution < 1.29 is 12.8 Å². The lowest BCUT2D eigenvalue weighted by Gasteiger charge is -2.30. The van der Waals surface area contributed by atoms with Gasteiger partial charge in [-0.3, -0.25) is 0 Å². The SMILES string of the molecule is CC(C)(C(N)c1ccc(F)c(Br)c1)S(C)(=O)=O. The Morgan fingerprint density at radius 2 is 1.94 bits per heavy atom. The minimum atomic E-state index is -3.31. The molecule has 2 N–H and O–H groups in total. The molecule has 0 amide bonds. The summed E-state index contributed by atoms with van der Waals surface area (Å²) >= 11 is 3.05. The van der Waals surface area contributed by atoms with Crippen molar-refractivity contribution in [2.24, 2.45) is 5.73 Å². The van der Waals surface area contributed by atoms with E-state index in [0.29, 0.717) is 5.56 Å². The van der Waals surface area contributed by atoms with Crippen molar-refractivity contribution >= 4 is 25.8 Å². The molecule has 1 aromatic carbocycles. The van der Waals surface area contributed by atoms with Crippen LogP contribution in [0, 0.1) is 5.82 Å². The first-order valence-corrected chi connectivity index (χ1v) is 7.66. The number of benzene rings is 1. The van der Waals surface area contributed by atoms with Crippen LogP contribution < -0.4 is 5.73 Å². The molecule has 0 aliphatic heterocycles. The molecule has 0 aliphatic carbocycles. The predicted molar refractivity (Wildman–Crippen MR) is 70.0 cm³/mol. The third kappa shape index (κ3) is 2.86. The first-order chi connectivity index (χ1) is 7.57. The zero-order valence-corrected chi connectivity index (χ0v) is 12.3. The second-order valence-electron chi connectivity index (χ2n) is 4.53. The van der Waals surface area contributed by atoms with E-state index in [0.717, 1.165) is 6.26 Å². The van der Waals surface area contributed by atoms with Crippen LogP contribution in [0.5, 0.6) is 0 Å². The standard InChI is InChI=1S/C11H15BrFNO2S/c1-11(2,17(3,15)16)10(14)7-4-5-9(13)8(12)6-7/h4-6,10H,14H2,1-3H3. The maximum absolute atomic E-state index is 13.1. The van der Waals surface area contributed by atoms with E-state index in [2.05, 4.69) is 15.9 Å². The van der Waals surface area contributed by atoms with Gasteiger partial charge in [0.25, 0.3) is 0 Å². The fourth-order valence-corrected chi connectivity index (χ4v) is 2.33. The molecular formula is C11H15BrFNO2S. The summed E-state index contributed by atoms with van der Waals surface area (Å²) in [6, 6.07) is 3.55. The molecule has 1 rings (SSSR count). The maximum Gasteiger partial charge on any atom is 0.154 e. The smallest absolute Gasteiger partial charge is 0.154 e. The molecule has 0 radical (unpaired) electrons. The lowest BCUT2D eigenvalue weighted by atomic mass is 9.96. The van der Waals surface area contributed by atoms with Crippen LogP contribution in [0.2, 0.25) is 0 Å². The first kappa shape index (κ1) is 14.6. The van der Waals surface area contributed by atoms with Crippen molar-refractivity contribution in [1.29, 1.82) is 0 Å². The summed E-state index contributed by atoms with van der Waals surface area (Å²) in [5, 5.41) is 0. The Morgan fingerprint density at radius 1 is 1.41 bits per heavy atom. The van der Waals surface area contributed by atoms with E-state index < -0.39 is 26.4 Å². The fourth-order valence-electron chi connectivity index (χ4n) is 1.34. The second kappa shape index (κ2) is 4.66. The van der Waals surface area contributed by atoms with Crippen LogP contribution in [0.1, 0.15) is 25.5 Å². The predicted octanol–water partition coefficient (Wildman–Crippen LogP) is 2.41. The van der Waals surface area contributed by atoms with Gasteiger partial charge in [-0.25, -0.2) is 12.8 Å². The molecular weight excluding hydrogens is 309 g/mol. The van der Waals surface area contributed by atoms with E-state index >= 15 is 0 Å². The Labute approximate surface area is 109 Å². The number of halogens is 2. The Hall–Kier alpha value is -0.460. The van der Waals surface area contributed by atoms with Crippen LogP contribution in [-0.4, -0.2) is 19.4 Å². The molecule has 17 heavy (non-hydrogen) atoms. The lowest BCUT2D eigenvalue weighted by molar-refractivity contribution is 0.495. The highest BCUT2D eigenvalue weighted by Crippen LogP contribution is 2.31. The third-order valence-corrected chi connectivity index (χ3v) is 5.78. The summed E-state index contributed by atoms with van der Waals surface area (Å²) in [6.07, 6.45) is 1.14. The van der Waals surface area contributed by atoms with Crippen LogP contribution in [0.15, 0.2) is 22.7 Å². The molecule has 0 heterocycles. The Kier molecular flexibility index (Phi) is 4.01. The van der Waals surface area contributed by atoms with E-state index in [9.17, 15) is 12.8 Å². The average Bonchev–Trinajstić information content (AvgIpc) is 2.19.